The summed E-state index contributed by atoms with van der Waals surface area (Å²) in [6.45, 7) is 4.58. The van der Waals surface area contributed by atoms with Gasteiger partial charge in [0.05, 0.1) is 11.3 Å². The molecule has 0 bridgehead atoms. The van der Waals surface area contributed by atoms with Crippen LogP contribution in [0, 0.1) is 13.8 Å². The largest absolute Gasteiger partial charge is 0.366 e. The molecule has 2 aromatic carbocycles. The number of carbonyl (C=O) groups is 1. The normalized spacial score (nSPS) is 10.9. The van der Waals surface area contributed by atoms with Crippen molar-refractivity contribution in [2.75, 3.05) is 0 Å². The first-order valence-electron chi connectivity index (χ1n) is 9.11. The van der Waals surface area contributed by atoms with Crippen LogP contribution in [0.1, 0.15) is 27.2 Å². The zero-order valence-corrected chi connectivity index (χ0v) is 15.8. The van der Waals surface area contributed by atoms with E-state index in [9.17, 15) is 4.79 Å². The molecule has 2 heterocycles. The second-order valence-electron chi connectivity index (χ2n) is 6.91. The highest BCUT2D eigenvalue weighted by atomic mass is 16.5. The van der Waals surface area contributed by atoms with Crippen molar-refractivity contribution in [2.45, 2.75) is 20.4 Å². The van der Waals surface area contributed by atoms with E-state index in [-0.39, 0.29) is 0 Å². The van der Waals surface area contributed by atoms with Gasteiger partial charge in [-0.1, -0.05) is 65.3 Å². The van der Waals surface area contributed by atoms with Gasteiger partial charge in [-0.25, -0.2) is 0 Å². The van der Waals surface area contributed by atoms with Gasteiger partial charge >= 0.3 is 0 Å². The van der Waals surface area contributed by atoms with Gasteiger partial charge in [-0.05, 0) is 25.5 Å². The number of nitrogens with zero attached hydrogens (tertiary/aromatic N) is 2. The maximum Gasteiger partial charge on any atom is 0.250 e. The molecule has 1 amide bonds. The van der Waals surface area contributed by atoms with Crippen molar-refractivity contribution in [1.29, 1.82) is 0 Å². The predicted molar refractivity (Wildman–Crippen MR) is 109 cm³/mol. The summed E-state index contributed by atoms with van der Waals surface area (Å²) < 4.78 is 7.62. The molecule has 0 aliphatic rings. The molecule has 0 radical (unpaired) electrons. The number of aryl methyl sites for hydroxylation is 1. The molecule has 4 aromatic rings. The molecular formula is C23H21N3O2. The number of nitrogens with two attached hydrogens (primary N) is 1. The van der Waals surface area contributed by atoms with Crippen molar-refractivity contribution in [3.05, 3.63) is 89.1 Å². The minimum atomic E-state index is -0.450. The Hall–Kier alpha value is -3.60. The molecule has 2 aromatic heterocycles. The van der Waals surface area contributed by atoms with Crippen molar-refractivity contribution in [1.82, 2.24) is 9.72 Å². The first-order chi connectivity index (χ1) is 13.5. The molecule has 0 unspecified atom stereocenters. The average Bonchev–Trinajstić information content (AvgIpc) is 3.28. The van der Waals surface area contributed by atoms with E-state index in [4.69, 9.17) is 10.3 Å². The predicted octanol–water partition coefficient (Wildman–Crippen LogP) is 4.57. The fourth-order valence-corrected chi connectivity index (χ4v) is 3.44. The van der Waals surface area contributed by atoms with Crippen LogP contribution in [0.2, 0.25) is 0 Å². The Balaban J connectivity index is 1.79. The first kappa shape index (κ1) is 17.8. The highest BCUT2D eigenvalue weighted by Gasteiger charge is 2.20. The number of carbonyl (C=O) groups excluding carboxylic acids is 1. The number of rotatable bonds is 5. The number of aromatic nitrogens is 2. The van der Waals surface area contributed by atoms with E-state index in [1.54, 1.807) is 6.07 Å². The molecule has 0 spiro atoms. The lowest BCUT2D eigenvalue weighted by molar-refractivity contribution is 0.0999. The summed E-state index contributed by atoms with van der Waals surface area (Å²) in [5, 5.41) is 4.25. The Bertz CT molecular complexity index is 1140. The van der Waals surface area contributed by atoms with Gasteiger partial charge in [-0.3, -0.25) is 4.79 Å². The van der Waals surface area contributed by atoms with Gasteiger partial charge in [-0.2, -0.15) is 0 Å². The van der Waals surface area contributed by atoms with E-state index in [1.807, 2.05) is 49.4 Å². The number of amides is 1. The molecule has 0 atom stereocenters. The Morgan fingerprint density at radius 3 is 2.54 bits per heavy atom. The van der Waals surface area contributed by atoms with Crippen LogP contribution in [0.25, 0.3) is 22.7 Å². The van der Waals surface area contributed by atoms with E-state index in [0.717, 1.165) is 22.5 Å². The molecule has 5 heteroatoms. The lowest BCUT2D eigenvalue weighted by Gasteiger charge is -2.11. The number of primary amides is 1. The molecule has 2 N–H and O–H groups in total. The lowest BCUT2D eigenvalue weighted by atomic mass is 10.1. The van der Waals surface area contributed by atoms with E-state index >= 15 is 0 Å². The molecule has 0 saturated heterocycles. The third-order valence-corrected chi connectivity index (χ3v) is 4.89. The van der Waals surface area contributed by atoms with Gasteiger partial charge in [0.15, 0.2) is 5.76 Å². The van der Waals surface area contributed by atoms with E-state index in [0.29, 0.717) is 23.6 Å². The second-order valence-corrected chi connectivity index (χ2v) is 6.91. The van der Waals surface area contributed by atoms with Crippen LogP contribution >= 0.6 is 0 Å². The Kier molecular flexibility index (Phi) is 4.57. The maximum atomic E-state index is 11.9. The van der Waals surface area contributed by atoms with Gasteiger partial charge in [0, 0.05) is 23.9 Å². The quantitative estimate of drug-likeness (QED) is 0.558. The smallest absolute Gasteiger partial charge is 0.250 e. The fourth-order valence-electron chi connectivity index (χ4n) is 3.44. The van der Waals surface area contributed by atoms with Gasteiger partial charge in [0.2, 0.25) is 0 Å². The minimum absolute atomic E-state index is 0.450. The van der Waals surface area contributed by atoms with Crippen molar-refractivity contribution in [3.8, 4) is 22.7 Å². The third kappa shape index (κ3) is 3.34. The van der Waals surface area contributed by atoms with Crippen LogP contribution in [0.15, 0.2) is 71.3 Å². The third-order valence-electron chi connectivity index (χ3n) is 4.89. The Morgan fingerprint density at radius 2 is 1.82 bits per heavy atom. The van der Waals surface area contributed by atoms with Crippen molar-refractivity contribution >= 4 is 5.91 Å². The fraction of sp³-hybridized carbons (Fsp3) is 0.130. The summed E-state index contributed by atoms with van der Waals surface area (Å²) in [6.07, 6.45) is 0. The van der Waals surface area contributed by atoms with Crippen molar-refractivity contribution in [3.63, 3.8) is 0 Å². The number of hydrogen-bond acceptors (Lipinski definition) is 3. The Morgan fingerprint density at radius 1 is 1.04 bits per heavy atom. The molecule has 28 heavy (non-hydrogen) atoms. The van der Waals surface area contributed by atoms with Crippen LogP contribution in [0.5, 0.6) is 0 Å². The van der Waals surface area contributed by atoms with Gasteiger partial charge in [0.1, 0.15) is 5.69 Å². The van der Waals surface area contributed by atoms with Gasteiger partial charge in [-0.15, -0.1) is 0 Å². The molecule has 140 valence electrons. The Labute approximate surface area is 163 Å². The summed E-state index contributed by atoms with van der Waals surface area (Å²) in [4.78, 5) is 11.9. The van der Waals surface area contributed by atoms with E-state index in [2.05, 4.69) is 34.8 Å². The average molecular weight is 371 g/mol. The van der Waals surface area contributed by atoms with Crippen molar-refractivity contribution in [2.24, 2.45) is 5.73 Å². The maximum absolute atomic E-state index is 11.9. The van der Waals surface area contributed by atoms with Crippen LogP contribution < -0.4 is 5.73 Å². The van der Waals surface area contributed by atoms with Crippen LogP contribution in [0.4, 0.5) is 0 Å². The van der Waals surface area contributed by atoms with Crippen LogP contribution in [0.3, 0.4) is 0 Å². The number of hydrogen-bond donors (Lipinski definition) is 1. The highest BCUT2D eigenvalue weighted by molar-refractivity contribution is 5.95. The summed E-state index contributed by atoms with van der Waals surface area (Å²) in [7, 11) is 0. The molecule has 0 fully saturated rings. The van der Waals surface area contributed by atoms with Crippen LogP contribution in [-0.2, 0) is 6.54 Å². The monoisotopic (exact) mass is 371 g/mol. The zero-order chi connectivity index (χ0) is 19.7. The van der Waals surface area contributed by atoms with Crippen molar-refractivity contribution < 1.29 is 9.32 Å². The SMILES string of the molecule is Cc1cccc(Cn2c(-c3cc(-c4ccccc4)on3)cc(C(N)=O)c2C)c1. The molecule has 0 saturated carbocycles. The van der Waals surface area contributed by atoms with Gasteiger partial charge < -0.3 is 14.8 Å². The summed E-state index contributed by atoms with van der Waals surface area (Å²) in [6, 6.07) is 21.8. The minimum Gasteiger partial charge on any atom is -0.366 e. The standard InChI is InChI=1S/C23H21N3O2/c1-15-7-6-8-17(11-15)14-26-16(2)19(23(24)27)12-21(26)20-13-22(28-25-20)18-9-4-3-5-10-18/h3-13H,14H2,1-2H3,(H2,24,27). The van der Waals surface area contributed by atoms with E-state index < -0.39 is 5.91 Å². The van der Waals surface area contributed by atoms with Gasteiger partial charge in [0.25, 0.3) is 5.91 Å². The second kappa shape index (κ2) is 7.19. The molecular weight excluding hydrogens is 350 g/mol. The molecule has 0 aliphatic heterocycles. The highest BCUT2D eigenvalue weighted by Crippen LogP contribution is 2.30. The lowest BCUT2D eigenvalue weighted by Crippen LogP contribution is -2.12. The number of benzene rings is 2. The zero-order valence-electron chi connectivity index (χ0n) is 15.8. The summed E-state index contributed by atoms with van der Waals surface area (Å²) in [5.41, 5.74) is 11.6. The molecule has 4 rings (SSSR count). The summed E-state index contributed by atoms with van der Waals surface area (Å²) in [5.74, 6) is 0.228. The first-order valence-corrected chi connectivity index (χ1v) is 9.11. The molecule has 0 aliphatic carbocycles. The van der Waals surface area contributed by atoms with E-state index in [1.165, 1.54) is 5.56 Å². The summed E-state index contributed by atoms with van der Waals surface area (Å²) >= 11 is 0. The van der Waals surface area contributed by atoms with Crippen LogP contribution in [-0.4, -0.2) is 15.6 Å². The topological polar surface area (TPSA) is 74.1 Å². The molecule has 5 nitrogen and oxygen atoms in total.